The largest absolute Gasteiger partial charge is 0.490 e. The van der Waals surface area contributed by atoms with E-state index in [0.717, 1.165) is 18.2 Å². The topological polar surface area (TPSA) is 75.3 Å². The van der Waals surface area contributed by atoms with E-state index in [1.165, 1.54) is 0 Å². The molecular formula is C15H16N2O3. The highest BCUT2D eigenvalue weighted by Crippen LogP contribution is 2.25. The zero-order valence-corrected chi connectivity index (χ0v) is 11.2. The Bertz CT molecular complexity index is 717. The molecular weight excluding hydrogens is 256 g/mol. The smallest absolute Gasteiger partial charge is 0.257 e. The number of nitrogens with one attached hydrogen (secondary N) is 2. The normalized spacial score (nSPS) is 14.2. The fraction of sp³-hybridized carbons (Fsp3) is 0.333. The molecule has 3 rings (SSSR count). The number of carbonyl (C=O) groups is 1. The predicted molar refractivity (Wildman–Crippen MR) is 73.7 cm³/mol. The van der Waals surface area contributed by atoms with Crippen molar-refractivity contribution in [2.24, 2.45) is 0 Å². The molecule has 0 radical (unpaired) electrons. The van der Waals surface area contributed by atoms with Crippen molar-refractivity contribution >= 4 is 16.9 Å². The summed E-state index contributed by atoms with van der Waals surface area (Å²) in [6, 6.07) is 7.41. The molecule has 1 aromatic heterocycles. The van der Waals surface area contributed by atoms with Crippen molar-refractivity contribution in [2.75, 3.05) is 6.61 Å². The summed E-state index contributed by atoms with van der Waals surface area (Å²) >= 11 is 0. The lowest BCUT2D eigenvalue weighted by Gasteiger charge is -2.08. The Morgan fingerprint density at radius 2 is 2.30 bits per heavy atom. The van der Waals surface area contributed by atoms with E-state index in [2.05, 4.69) is 5.32 Å². The molecule has 0 unspecified atom stereocenters. The molecule has 0 atom stereocenters. The SMILES string of the molecule is CCOc1cccc2cc(C(=O)NC3CC3)c(=N)oc12. The zero-order chi connectivity index (χ0) is 14.1. The average Bonchev–Trinajstić information content (AvgIpc) is 3.23. The van der Waals surface area contributed by atoms with E-state index in [9.17, 15) is 4.79 Å². The Morgan fingerprint density at radius 3 is 3.00 bits per heavy atom. The van der Waals surface area contributed by atoms with Crippen LogP contribution in [0.4, 0.5) is 0 Å². The van der Waals surface area contributed by atoms with Crippen molar-refractivity contribution < 1.29 is 13.9 Å². The van der Waals surface area contributed by atoms with Gasteiger partial charge in [-0.05, 0) is 31.9 Å². The molecule has 104 valence electrons. The molecule has 0 bridgehead atoms. The van der Waals surface area contributed by atoms with Crippen LogP contribution in [0.25, 0.3) is 11.0 Å². The van der Waals surface area contributed by atoms with E-state index in [1.54, 1.807) is 12.1 Å². The van der Waals surface area contributed by atoms with Gasteiger partial charge < -0.3 is 14.5 Å². The van der Waals surface area contributed by atoms with Crippen LogP contribution in [0.5, 0.6) is 5.75 Å². The summed E-state index contributed by atoms with van der Waals surface area (Å²) in [5.41, 5.74) is 0.628. The van der Waals surface area contributed by atoms with Crippen molar-refractivity contribution in [2.45, 2.75) is 25.8 Å². The number of fused-ring (bicyclic) bond motifs is 1. The highest BCUT2D eigenvalue weighted by Gasteiger charge is 2.25. The van der Waals surface area contributed by atoms with Gasteiger partial charge in [-0.15, -0.1) is 0 Å². The predicted octanol–water partition coefficient (Wildman–Crippen LogP) is 2.20. The van der Waals surface area contributed by atoms with E-state index in [0.29, 0.717) is 17.9 Å². The summed E-state index contributed by atoms with van der Waals surface area (Å²) in [4.78, 5) is 12.0. The summed E-state index contributed by atoms with van der Waals surface area (Å²) in [6.45, 7) is 2.41. The van der Waals surface area contributed by atoms with Crippen molar-refractivity contribution in [3.05, 3.63) is 35.4 Å². The zero-order valence-electron chi connectivity index (χ0n) is 11.2. The number of hydrogen-bond acceptors (Lipinski definition) is 4. The quantitative estimate of drug-likeness (QED) is 0.896. The average molecular weight is 272 g/mol. The number of para-hydroxylation sites is 1. The van der Waals surface area contributed by atoms with Gasteiger partial charge in [0, 0.05) is 11.4 Å². The van der Waals surface area contributed by atoms with Crippen LogP contribution in [0.3, 0.4) is 0 Å². The van der Waals surface area contributed by atoms with Crippen LogP contribution in [-0.2, 0) is 0 Å². The maximum absolute atomic E-state index is 12.0. The van der Waals surface area contributed by atoms with Gasteiger partial charge in [0.25, 0.3) is 5.91 Å². The van der Waals surface area contributed by atoms with Crippen molar-refractivity contribution in [1.29, 1.82) is 5.41 Å². The van der Waals surface area contributed by atoms with E-state index in [4.69, 9.17) is 14.6 Å². The van der Waals surface area contributed by atoms with Gasteiger partial charge >= 0.3 is 0 Å². The third-order valence-electron chi connectivity index (χ3n) is 3.21. The van der Waals surface area contributed by atoms with Crippen LogP contribution in [0.1, 0.15) is 30.1 Å². The maximum Gasteiger partial charge on any atom is 0.257 e. The van der Waals surface area contributed by atoms with Gasteiger partial charge in [-0.3, -0.25) is 10.2 Å². The van der Waals surface area contributed by atoms with Crippen LogP contribution in [0.15, 0.2) is 28.7 Å². The molecule has 0 spiro atoms. The minimum absolute atomic E-state index is 0.136. The molecule has 2 N–H and O–H groups in total. The fourth-order valence-corrected chi connectivity index (χ4v) is 2.06. The van der Waals surface area contributed by atoms with Gasteiger partial charge in [0.2, 0.25) is 5.55 Å². The molecule has 5 heteroatoms. The molecule has 1 heterocycles. The molecule has 0 saturated heterocycles. The lowest BCUT2D eigenvalue weighted by atomic mass is 10.1. The van der Waals surface area contributed by atoms with Crippen molar-refractivity contribution in [3.63, 3.8) is 0 Å². The molecule has 2 aromatic rings. The standard InChI is InChI=1S/C15H16N2O3/c1-2-19-12-5-3-4-9-8-11(14(16)20-13(9)12)15(18)17-10-6-7-10/h3-5,8,10,16H,2,6-7H2,1H3,(H,17,18). The second-order valence-corrected chi connectivity index (χ2v) is 4.84. The van der Waals surface area contributed by atoms with Gasteiger partial charge in [0.15, 0.2) is 11.3 Å². The Balaban J connectivity index is 2.05. The van der Waals surface area contributed by atoms with Gasteiger partial charge in [0.05, 0.1) is 6.61 Å². The highest BCUT2D eigenvalue weighted by molar-refractivity contribution is 5.97. The molecule has 1 aromatic carbocycles. The number of benzene rings is 1. The van der Waals surface area contributed by atoms with E-state index < -0.39 is 0 Å². The van der Waals surface area contributed by atoms with Gasteiger partial charge in [-0.1, -0.05) is 12.1 Å². The van der Waals surface area contributed by atoms with E-state index in [1.807, 2.05) is 19.1 Å². The van der Waals surface area contributed by atoms with E-state index >= 15 is 0 Å². The van der Waals surface area contributed by atoms with E-state index in [-0.39, 0.29) is 23.1 Å². The Morgan fingerprint density at radius 1 is 1.50 bits per heavy atom. The van der Waals surface area contributed by atoms with Crippen LogP contribution < -0.4 is 15.6 Å². The number of ether oxygens (including phenoxy) is 1. The summed E-state index contributed by atoms with van der Waals surface area (Å²) in [6.07, 6.45) is 2.02. The number of hydrogen-bond donors (Lipinski definition) is 2. The lowest BCUT2D eigenvalue weighted by Crippen LogP contribution is -2.29. The summed E-state index contributed by atoms with van der Waals surface area (Å²) in [5.74, 6) is 0.345. The first-order valence-electron chi connectivity index (χ1n) is 6.74. The van der Waals surface area contributed by atoms with Crippen LogP contribution in [-0.4, -0.2) is 18.6 Å². The van der Waals surface area contributed by atoms with Crippen molar-refractivity contribution in [3.8, 4) is 5.75 Å². The lowest BCUT2D eigenvalue weighted by molar-refractivity contribution is 0.0946. The molecule has 1 saturated carbocycles. The third kappa shape index (κ3) is 2.39. The number of rotatable bonds is 4. The first-order valence-corrected chi connectivity index (χ1v) is 6.74. The third-order valence-corrected chi connectivity index (χ3v) is 3.21. The Kier molecular flexibility index (Phi) is 3.18. The molecule has 1 fully saturated rings. The maximum atomic E-state index is 12.0. The molecule has 20 heavy (non-hydrogen) atoms. The minimum Gasteiger partial charge on any atom is -0.490 e. The van der Waals surface area contributed by atoms with Gasteiger partial charge in [-0.25, -0.2) is 0 Å². The molecule has 1 aliphatic carbocycles. The summed E-state index contributed by atoms with van der Waals surface area (Å²) < 4.78 is 11.0. The molecule has 1 aliphatic rings. The first kappa shape index (κ1) is 12.7. The minimum atomic E-state index is -0.245. The van der Waals surface area contributed by atoms with Gasteiger partial charge in [0.1, 0.15) is 5.56 Å². The first-order chi connectivity index (χ1) is 9.69. The van der Waals surface area contributed by atoms with Crippen LogP contribution >= 0.6 is 0 Å². The van der Waals surface area contributed by atoms with Crippen LogP contribution in [0, 0.1) is 5.41 Å². The highest BCUT2D eigenvalue weighted by atomic mass is 16.5. The second-order valence-electron chi connectivity index (χ2n) is 4.84. The second kappa shape index (κ2) is 5.00. The monoisotopic (exact) mass is 272 g/mol. The number of carbonyl (C=O) groups excluding carboxylic acids is 1. The molecule has 5 nitrogen and oxygen atoms in total. The molecule has 0 aliphatic heterocycles. The number of amides is 1. The van der Waals surface area contributed by atoms with Gasteiger partial charge in [-0.2, -0.15) is 0 Å². The van der Waals surface area contributed by atoms with Crippen LogP contribution in [0.2, 0.25) is 0 Å². The molecule has 1 amide bonds. The van der Waals surface area contributed by atoms with Crippen molar-refractivity contribution in [1.82, 2.24) is 5.32 Å². The Hall–Kier alpha value is -2.30. The summed E-state index contributed by atoms with van der Waals surface area (Å²) in [7, 11) is 0. The fourth-order valence-electron chi connectivity index (χ4n) is 2.06. The summed E-state index contributed by atoms with van der Waals surface area (Å²) in [5, 5.41) is 11.5. The Labute approximate surface area is 116 Å².